The number of carbonyl (C=O) groups excluding carboxylic acids is 1. The normalized spacial score (nSPS) is 15.7. The number of aryl methyl sites for hydroxylation is 1. The van der Waals surface area contributed by atoms with E-state index in [9.17, 15) is 13.6 Å². The van der Waals surface area contributed by atoms with Crippen molar-refractivity contribution in [1.29, 1.82) is 0 Å². The maximum Gasteiger partial charge on any atom is 0.227 e. The maximum absolute atomic E-state index is 13.7. The Kier molecular flexibility index (Phi) is 4.92. The summed E-state index contributed by atoms with van der Waals surface area (Å²) in [4.78, 5) is 14.1. The summed E-state index contributed by atoms with van der Waals surface area (Å²) >= 11 is 0. The molecule has 1 fully saturated rings. The van der Waals surface area contributed by atoms with E-state index in [-0.39, 0.29) is 17.9 Å². The molecule has 0 atom stereocenters. The van der Waals surface area contributed by atoms with Crippen LogP contribution in [0, 0.1) is 11.6 Å². The minimum Gasteiger partial charge on any atom is -0.342 e. The SMILES string of the molecule is CCn1cc(C2CCN(C(=O)Cc3cc(F)ccc3F)CC2)cn1. The third-order valence-corrected chi connectivity index (χ3v) is 4.65. The first kappa shape index (κ1) is 16.6. The van der Waals surface area contributed by atoms with E-state index in [4.69, 9.17) is 0 Å². The minimum atomic E-state index is -0.536. The van der Waals surface area contributed by atoms with Crippen molar-refractivity contribution in [1.82, 2.24) is 14.7 Å². The van der Waals surface area contributed by atoms with Gasteiger partial charge in [-0.15, -0.1) is 0 Å². The molecule has 1 aliphatic rings. The Hall–Kier alpha value is -2.24. The molecule has 0 radical (unpaired) electrons. The zero-order valence-corrected chi connectivity index (χ0v) is 13.7. The van der Waals surface area contributed by atoms with Gasteiger partial charge >= 0.3 is 0 Å². The topological polar surface area (TPSA) is 38.1 Å². The molecule has 2 aromatic rings. The van der Waals surface area contributed by atoms with Crippen LogP contribution in [-0.2, 0) is 17.8 Å². The summed E-state index contributed by atoms with van der Waals surface area (Å²) in [7, 11) is 0. The highest BCUT2D eigenvalue weighted by Crippen LogP contribution is 2.28. The lowest BCUT2D eigenvalue weighted by Gasteiger charge is -2.31. The predicted octanol–water partition coefficient (Wildman–Crippen LogP) is 3.13. The van der Waals surface area contributed by atoms with Gasteiger partial charge in [-0.25, -0.2) is 8.78 Å². The second-order valence-electron chi connectivity index (χ2n) is 6.20. The molecule has 0 unspecified atom stereocenters. The number of aromatic nitrogens is 2. The largest absolute Gasteiger partial charge is 0.342 e. The van der Waals surface area contributed by atoms with Crippen LogP contribution in [0.1, 0.15) is 36.8 Å². The van der Waals surface area contributed by atoms with E-state index in [2.05, 4.69) is 11.3 Å². The smallest absolute Gasteiger partial charge is 0.227 e. The summed E-state index contributed by atoms with van der Waals surface area (Å²) < 4.78 is 28.8. The summed E-state index contributed by atoms with van der Waals surface area (Å²) in [5.41, 5.74) is 1.33. The van der Waals surface area contributed by atoms with Gasteiger partial charge in [0.25, 0.3) is 0 Å². The van der Waals surface area contributed by atoms with Gasteiger partial charge in [-0.1, -0.05) is 0 Å². The highest BCUT2D eigenvalue weighted by molar-refractivity contribution is 5.79. The molecule has 1 aromatic carbocycles. The van der Waals surface area contributed by atoms with Gasteiger partial charge in [0, 0.05) is 31.4 Å². The van der Waals surface area contributed by atoms with E-state index in [0.29, 0.717) is 19.0 Å². The molecule has 0 N–H and O–H groups in total. The number of carbonyl (C=O) groups is 1. The van der Waals surface area contributed by atoms with Gasteiger partial charge in [0.2, 0.25) is 5.91 Å². The Labute approximate surface area is 140 Å². The Morgan fingerprint density at radius 2 is 2.04 bits per heavy atom. The third-order valence-electron chi connectivity index (χ3n) is 4.65. The fourth-order valence-corrected chi connectivity index (χ4v) is 3.18. The van der Waals surface area contributed by atoms with Crippen LogP contribution in [0.5, 0.6) is 0 Å². The van der Waals surface area contributed by atoms with Crippen LogP contribution in [-0.4, -0.2) is 33.7 Å². The quantitative estimate of drug-likeness (QED) is 0.862. The van der Waals surface area contributed by atoms with Gasteiger partial charge in [-0.3, -0.25) is 9.48 Å². The molecule has 4 nitrogen and oxygen atoms in total. The van der Waals surface area contributed by atoms with Crippen LogP contribution >= 0.6 is 0 Å². The fourth-order valence-electron chi connectivity index (χ4n) is 3.18. The van der Waals surface area contributed by atoms with Crippen molar-refractivity contribution in [2.45, 2.75) is 38.6 Å². The first-order valence-corrected chi connectivity index (χ1v) is 8.31. The van der Waals surface area contributed by atoms with Crippen molar-refractivity contribution < 1.29 is 13.6 Å². The second-order valence-corrected chi connectivity index (χ2v) is 6.20. The molecule has 1 aromatic heterocycles. The number of hydrogen-bond acceptors (Lipinski definition) is 2. The maximum atomic E-state index is 13.7. The fraction of sp³-hybridized carbons (Fsp3) is 0.444. The Morgan fingerprint density at radius 3 is 2.71 bits per heavy atom. The average Bonchev–Trinajstić information content (AvgIpc) is 3.07. The molecular weight excluding hydrogens is 312 g/mol. The van der Waals surface area contributed by atoms with E-state index in [1.54, 1.807) is 4.90 Å². The van der Waals surface area contributed by atoms with Gasteiger partial charge in [-0.2, -0.15) is 5.10 Å². The number of hydrogen-bond donors (Lipinski definition) is 0. The molecule has 0 bridgehead atoms. The molecule has 0 saturated carbocycles. The van der Waals surface area contributed by atoms with Crippen LogP contribution in [0.2, 0.25) is 0 Å². The standard InChI is InChI=1S/C18H21F2N3O/c1-2-23-12-15(11-21-23)13-5-7-22(8-6-13)18(24)10-14-9-16(19)3-4-17(14)20/h3-4,9,11-13H,2,5-8,10H2,1H3. The number of piperidine rings is 1. The molecule has 0 spiro atoms. The Morgan fingerprint density at radius 1 is 1.29 bits per heavy atom. The molecule has 3 rings (SSSR count). The van der Waals surface area contributed by atoms with E-state index in [1.807, 2.05) is 17.8 Å². The van der Waals surface area contributed by atoms with Crippen LogP contribution < -0.4 is 0 Å². The Bertz CT molecular complexity index is 721. The number of amides is 1. The summed E-state index contributed by atoms with van der Waals surface area (Å²) in [5.74, 6) is -0.806. The number of halogens is 2. The van der Waals surface area contributed by atoms with Crippen molar-refractivity contribution in [2.24, 2.45) is 0 Å². The zero-order valence-electron chi connectivity index (χ0n) is 13.7. The predicted molar refractivity (Wildman–Crippen MR) is 86.5 cm³/mol. The number of nitrogens with zero attached hydrogens (tertiary/aromatic N) is 3. The molecule has 24 heavy (non-hydrogen) atoms. The van der Waals surface area contributed by atoms with E-state index in [0.717, 1.165) is 37.6 Å². The van der Waals surface area contributed by atoms with Gasteiger partial charge in [0.1, 0.15) is 11.6 Å². The molecule has 128 valence electrons. The second kappa shape index (κ2) is 7.11. The summed E-state index contributed by atoms with van der Waals surface area (Å²) in [6.07, 6.45) is 5.60. The van der Waals surface area contributed by atoms with Gasteiger partial charge in [0.15, 0.2) is 0 Å². The van der Waals surface area contributed by atoms with Gasteiger partial charge in [-0.05, 0) is 49.4 Å². The van der Waals surface area contributed by atoms with E-state index < -0.39 is 11.6 Å². The number of rotatable bonds is 4. The van der Waals surface area contributed by atoms with Crippen molar-refractivity contribution in [3.63, 3.8) is 0 Å². The first-order chi connectivity index (χ1) is 11.6. The highest BCUT2D eigenvalue weighted by Gasteiger charge is 2.25. The molecule has 1 saturated heterocycles. The molecule has 1 aliphatic heterocycles. The van der Waals surface area contributed by atoms with Crippen molar-refractivity contribution in [2.75, 3.05) is 13.1 Å². The van der Waals surface area contributed by atoms with Gasteiger partial charge in [0.05, 0.1) is 12.6 Å². The van der Waals surface area contributed by atoms with E-state index >= 15 is 0 Å². The molecule has 1 amide bonds. The lowest BCUT2D eigenvalue weighted by atomic mass is 9.91. The van der Waals surface area contributed by atoms with Crippen molar-refractivity contribution in [3.05, 3.63) is 53.4 Å². The van der Waals surface area contributed by atoms with Crippen LogP contribution in [0.4, 0.5) is 8.78 Å². The van der Waals surface area contributed by atoms with Gasteiger partial charge < -0.3 is 4.90 Å². The monoisotopic (exact) mass is 333 g/mol. The molecule has 0 aliphatic carbocycles. The number of likely N-dealkylation sites (tertiary alicyclic amines) is 1. The van der Waals surface area contributed by atoms with Crippen LogP contribution in [0.15, 0.2) is 30.6 Å². The molecule has 6 heteroatoms. The Balaban J connectivity index is 1.58. The van der Waals surface area contributed by atoms with Crippen LogP contribution in [0.3, 0.4) is 0 Å². The third kappa shape index (κ3) is 3.63. The summed E-state index contributed by atoms with van der Waals surface area (Å²) in [5, 5.41) is 4.30. The summed E-state index contributed by atoms with van der Waals surface area (Å²) in [6.45, 7) is 4.16. The first-order valence-electron chi connectivity index (χ1n) is 8.31. The number of benzene rings is 1. The van der Waals surface area contributed by atoms with Crippen molar-refractivity contribution in [3.8, 4) is 0 Å². The lowest BCUT2D eigenvalue weighted by Crippen LogP contribution is -2.38. The zero-order chi connectivity index (χ0) is 17.1. The van der Waals surface area contributed by atoms with Crippen molar-refractivity contribution >= 4 is 5.91 Å². The molecule has 2 heterocycles. The van der Waals surface area contributed by atoms with Crippen LogP contribution in [0.25, 0.3) is 0 Å². The highest BCUT2D eigenvalue weighted by atomic mass is 19.1. The average molecular weight is 333 g/mol. The molecular formula is C18H21F2N3O. The summed E-state index contributed by atoms with van der Waals surface area (Å²) in [6, 6.07) is 3.22. The minimum absolute atomic E-state index is 0.0952. The van der Waals surface area contributed by atoms with E-state index in [1.165, 1.54) is 5.56 Å². The lowest BCUT2D eigenvalue weighted by molar-refractivity contribution is -0.131.